The highest BCUT2D eigenvalue weighted by Gasteiger charge is 2.35. The number of nitrogens with one attached hydrogen (secondary N) is 1. The molecular formula is C11H20N2O. The van der Waals surface area contributed by atoms with Gasteiger partial charge in [0.2, 0.25) is 0 Å². The zero-order chi connectivity index (χ0) is 10.1. The van der Waals surface area contributed by atoms with Crippen LogP contribution in [0.5, 0.6) is 0 Å². The fourth-order valence-electron chi connectivity index (χ4n) is 2.07. The normalized spacial score (nSPS) is 33.1. The SMILES string of the molecule is CCC1COC(C)CN1C(=N)C1CC1. The molecule has 0 spiro atoms. The molecule has 1 saturated carbocycles. The number of rotatable bonds is 2. The van der Waals surface area contributed by atoms with Crippen LogP contribution in [0.25, 0.3) is 0 Å². The lowest BCUT2D eigenvalue weighted by Crippen LogP contribution is -2.51. The molecule has 2 rings (SSSR count). The third-order valence-electron chi connectivity index (χ3n) is 3.21. The Morgan fingerprint density at radius 3 is 2.79 bits per heavy atom. The van der Waals surface area contributed by atoms with Gasteiger partial charge in [0, 0.05) is 12.5 Å². The minimum absolute atomic E-state index is 0.289. The lowest BCUT2D eigenvalue weighted by atomic mass is 10.1. The second-order valence-electron chi connectivity index (χ2n) is 4.52. The largest absolute Gasteiger partial charge is 0.375 e. The van der Waals surface area contributed by atoms with Crippen molar-refractivity contribution in [1.29, 1.82) is 5.41 Å². The molecule has 1 heterocycles. The molecular weight excluding hydrogens is 176 g/mol. The van der Waals surface area contributed by atoms with Crippen LogP contribution in [0.15, 0.2) is 0 Å². The Labute approximate surface area is 85.9 Å². The van der Waals surface area contributed by atoms with E-state index in [2.05, 4.69) is 18.7 Å². The van der Waals surface area contributed by atoms with E-state index in [4.69, 9.17) is 10.1 Å². The molecule has 80 valence electrons. The van der Waals surface area contributed by atoms with Gasteiger partial charge in [-0.25, -0.2) is 0 Å². The van der Waals surface area contributed by atoms with Crippen molar-refractivity contribution in [3.63, 3.8) is 0 Å². The summed E-state index contributed by atoms with van der Waals surface area (Å²) in [4.78, 5) is 2.27. The van der Waals surface area contributed by atoms with Crippen LogP contribution in [-0.4, -0.2) is 36.0 Å². The van der Waals surface area contributed by atoms with Gasteiger partial charge in [-0.2, -0.15) is 0 Å². The Morgan fingerprint density at radius 2 is 2.21 bits per heavy atom. The summed E-state index contributed by atoms with van der Waals surface area (Å²) < 4.78 is 5.62. The molecule has 1 N–H and O–H groups in total. The fourth-order valence-corrected chi connectivity index (χ4v) is 2.07. The average Bonchev–Trinajstić information content (AvgIpc) is 3.00. The number of amidine groups is 1. The van der Waals surface area contributed by atoms with Crippen LogP contribution in [0.2, 0.25) is 0 Å². The first-order chi connectivity index (χ1) is 6.72. The molecule has 1 saturated heterocycles. The van der Waals surface area contributed by atoms with Gasteiger partial charge in [0.15, 0.2) is 0 Å². The summed E-state index contributed by atoms with van der Waals surface area (Å²) in [6, 6.07) is 0.444. The minimum Gasteiger partial charge on any atom is -0.375 e. The Morgan fingerprint density at radius 1 is 1.50 bits per heavy atom. The first kappa shape index (κ1) is 9.97. The van der Waals surface area contributed by atoms with Gasteiger partial charge in [-0.05, 0) is 26.2 Å². The van der Waals surface area contributed by atoms with E-state index in [-0.39, 0.29) is 6.10 Å². The highest BCUT2D eigenvalue weighted by molar-refractivity contribution is 5.84. The third-order valence-corrected chi connectivity index (χ3v) is 3.21. The lowest BCUT2D eigenvalue weighted by Gasteiger charge is -2.40. The van der Waals surface area contributed by atoms with Crippen molar-refractivity contribution in [2.75, 3.05) is 13.2 Å². The first-order valence-electron chi connectivity index (χ1n) is 5.69. The first-order valence-corrected chi connectivity index (χ1v) is 5.69. The molecule has 0 aromatic rings. The number of hydrogen-bond acceptors (Lipinski definition) is 2. The second kappa shape index (κ2) is 3.89. The zero-order valence-electron chi connectivity index (χ0n) is 9.12. The number of morpholine rings is 1. The van der Waals surface area contributed by atoms with Gasteiger partial charge < -0.3 is 9.64 Å². The van der Waals surface area contributed by atoms with Crippen molar-refractivity contribution < 1.29 is 4.74 Å². The van der Waals surface area contributed by atoms with Crippen LogP contribution in [-0.2, 0) is 4.74 Å². The summed E-state index contributed by atoms with van der Waals surface area (Å²) in [5.41, 5.74) is 0. The molecule has 0 amide bonds. The third kappa shape index (κ3) is 1.92. The predicted octanol–water partition coefficient (Wildman–Crippen LogP) is 1.87. The number of hydrogen-bond donors (Lipinski definition) is 1. The van der Waals surface area contributed by atoms with E-state index < -0.39 is 0 Å². The van der Waals surface area contributed by atoms with E-state index in [1.807, 2.05) is 0 Å². The maximum atomic E-state index is 8.09. The van der Waals surface area contributed by atoms with Gasteiger partial charge in [-0.3, -0.25) is 5.41 Å². The molecule has 3 heteroatoms. The summed E-state index contributed by atoms with van der Waals surface area (Å²) in [5.74, 6) is 1.43. The summed E-state index contributed by atoms with van der Waals surface area (Å²) in [5, 5.41) is 8.09. The number of ether oxygens (including phenoxy) is 1. The molecule has 3 nitrogen and oxygen atoms in total. The Bertz CT molecular complexity index is 225. The van der Waals surface area contributed by atoms with E-state index in [9.17, 15) is 0 Å². The molecule has 2 atom stereocenters. The molecule has 1 aliphatic heterocycles. The van der Waals surface area contributed by atoms with Gasteiger partial charge in [-0.1, -0.05) is 6.92 Å². The molecule has 2 aliphatic rings. The van der Waals surface area contributed by atoms with Crippen LogP contribution >= 0.6 is 0 Å². The zero-order valence-corrected chi connectivity index (χ0v) is 9.12. The number of nitrogens with zero attached hydrogens (tertiary/aromatic N) is 1. The van der Waals surface area contributed by atoms with Crippen LogP contribution in [0.3, 0.4) is 0 Å². The minimum atomic E-state index is 0.289. The van der Waals surface area contributed by atoms with E-state index in [0.29, 0.717) is 12.0 Å². The smallest absolute Gasteiger partial charge is 0.0993 e. The molecule has 14 heavy (non-hydrogen) atoms. The van der Waals surface area contributed by atoms with E-state index >= 15 is 0 Å². The summed E-state index contributed by atoms with van der Waals surface area (Å²) in [6.07, 6.45) is 3.82. The topological polar surface area (TPSA) is 36.3 Å². The van der Waals surface area contributed by atoms with E-state index in [1.165, 1.54) is 12.8 Å². The van der Waals surface area contributed by atoms with Gasteiger partial charge in [0.05, 0.1) is 24.6 Å². The van der Waals surface area contributed by atoms with Crippen molar-refractivity contribution in [3.05, 3.63) is 0 Å². The second-order valence-corrected chi connectivity index (χ2v) is 4.52. The molecule has 1 aliphatic carbocycles. The molecule has 0 aromatic carbocycles. The maximum Gasteiger partial charge on any atom is 0.0993 e. The molecule has 0 bridgehead atoms. The molecule has 0 aromatic heterocycles. The van der Waals surface area contributed by atoms with Crippen LogP contribution < -0.4 is 0 Å². The predicted molar refractivity (Wildman–Crippen MR) is 56.6 cm³/mol. The quantitative estimate of drug-likeness (QED) is 0.540. The van der Waals surface area contributed by atoms with Gasteiger partial charge >= 0.3 is 0 Å². The van der Waals surface area contributed by atoms with Crippen molar-refractivity contribution in [3.8, 4) is 0 Å². The van der Waals surface area contributed by atoms with Crippen LogP contribution in [0.1, 0.15) is 33.1 Å². The molecule has 2 fully saturated rings. The van der Waals surface area contributed by atoms with Crippen LogP contribution in [0.4, 0.5) is 0 Å². The van der Waals surface area contributed by atoms with Crippen LogP contribution in [0, 0.1) is 11.3 Å². The Kier molecular flexibility index (Phi) is 2.77. The fraction of sp³-hybridized carbons (Fsp3) is 0.909. The van der Waals surface area contributed by atoms with Gasteiger partial charge in [0.25, 0.3) is 0 Å². The lowest BCUT2D eigenvalue weighted by molar-refractivity contribution is -0.0297. The van der Waals surface area contributed by atoms with E-state index in [0.717, 1.165) is 25.4 Å². The summed E-state index contributed by atoms with van der Waals surface area (Å²) >= 11 is 0. The highest BCUT2D eigenvalue weighted by atomic mass is 16.5. The van der Waals surface area contributed by atoms with Gasteiger partial charge in [-0.15, -0.1) is 0 Å². The molecule has 0 radical (unpaired) electrons. The van der Waals surface area contributed by atoms with E-state index in [1.54, 1.807) is 0 Å². The maximum absolute atomic E-state index is 8.09. The standard InChI is InChI=1S/C11H20N2O/c1-3-10-7-14-8(2)6-13(10)11(12)9-4-5-9/h8-10,12H,3-7H2,1-2H3. The average molecular weight is 196 g/mol. The van der Waals surface area contributed by atoms with Crippen molar-refractivity contribution in [2.45, 2.75) is 45.3 Å². The summed E-state index contributed by atoms with van der Waals surface area (Å²) in [7, 11) is 0. The molecule has 2 unspecified atom stereocenters. The van der Waals surface area contributed by atoms with Gasteiger partial charge in [0.1, 0.15) is 0 Å². The van der Waals surface area contributed by atoms with Crippen molar-refractivity contribution in [2.24, 2.45) is 5.92 Å². The van der Waals surface area contributed by atoms with Crippen molar-refractivity contribution in [1.82, 2.24) is 4.90 Å². The highest BCUT2D eigenvalue weighted by Crippen LogP contribution is 2.33. The Balaban J connectivity index is 2.00. The van der Waals surface area contributed by atoms with Crippen molar-refractivity contribution >= 4 is 5.84 Å². The monoisotopic (exact) mass is 196 g/mol. The summed E-state index contributed by atoms with van der Waals surface area (Å²) in [6.45, 7) is 5.98. The Hall–Kier alpha value is -0.570.